The zero-order valence-corrected chi connectivity index (χ0v) is 13.2. The molecule has 2 atom stereocenters. The number of halogens is 1. The molecular weight excluding hydrogens is 296 g/mol. The van der Waals surface area contributed by atoms with Crippen molar-refractivity contribution in [2.24, 2.45) is 0 Å². The number of rotatable bonds is 3. The van der Waals surface area contributed by atoms with Crippen molar-refractivity contribution in [2.45, 2.75) is 32.5 Å². The Hall–Kier alpha value is -0.950. The molecule has 1 aliphatic rings. The molecule has 110 valence electrons. The number of hydrogen-bond donors (Lipinski definition) is 1. The molecule has 2 unspecified atom stereocenters. The summed E-state index contributed by atoms with van der Waals surface area (Å²) in [6, 6.07) is 3.01. The quantitative estimate of drug-likeness (QED) is 0.943. The summed E-state index contributed by atoms with van der Waals surface area (Å²) in [5, 5.41) is 11.6. The van der Waals surface area contributed by atoms with Crippen LogP contribution in [0.2, 0.25) is 0 Å². The van der Waals surface area contributed by atoms with Crippen molar-refractivity contribution in [3.8, 4) is 11.4 Å². The van der Waals surface area contributed by atoms with Gasteiger partial charge in [0.25, 0.3) is 0 Å². The average molecular weight is 315 g/mol. The molecular formula is C13H19ClN4OS. The van der Waals surface area contributed by atoms with E-state index in [1.54, 1.807) is 11.3 Å². The minimum Gasteiger partial charge on any atom is -0.338 e. The normalized spacial score (nSPS) is 23.5. The fourth-order valence-corrected chi connectivity index (χ4v) is 3.22. The number of aromatic nitrogens is 2. The molecule has 0 spiro atoms. The summed E-state index contributed by atoms with van der Waals surface area (Å²) < 4.78 is 5.34. The molecule has 7 heteroatoms. The van der Waals surface area contributed by atoms with Crippen molar-refractivity contribution in [2.75, 3.05) is 13.1 Å². The molecule has 20 heavy (non-hydrogen) atoms. The van der Waals surface area contributed by atoms with Gasteiger partial charge in [-0.15, -0.1) is 12.4 Å². The minimum atomic E-state index is 0. The van der Waals surface area contributed by atoms with Gasteiger partial charge in [-0.2, -0.15) is 16.3 Å². The largest absolute Gasteiger partial charge is 0.338 e. The molecule has 0 aliphatic carbocycles. The number of piperazine rings is 1. The second kappa shape index (κ2) is 6.67. The van der Waals surface area contributed by atoms with E-state index in [-0.39, 0.29) is 12.4 Å². The Kier molecular flexibility index (Phi) is 5.15. The average Bonchev–Trinajstić information content (AvgIpc) is 2.96. The van der Waals surface area contributed by atoms with Gasteiger partial charge in [-0.05, 0) is 25.3 Å². The van der Waals surface area contributed by atoms with Crippen molar-refractivity contribution < 1.29 is 4.52 Å². The monoisotopic (exact) mass is 314 g/mol. The third-order valence-electron chi connectivity index (χ3n) is 3.24. The maximum atomic E-state index is 5.34. The van der Waals surface area contributed by atoms with Crippen LogP contribution in [0.15, 0.2) is 21.3 Å². The van der Waals surface area contributed by atoms with Crippen LogP contribution < -0.4 is 5.32 Å². The molecule has 0 bridgehead atoms. The standard InChI is InChI=1S/C13H18N4OS.ClH/c1-9-5-17(6-10(2)14-9)7-12-15-13(16-18-12)11-3-4-19-8-11;/h3-4,8-10,14H,5-7H2,1-2H3;1H. The highest BCUT2D eigenvalue weighted by Gasteiger charge is 2.22. The van der Waals surface area contributed by atoms with Gasteiger partial charge in [0.2, 0.25) is 11.7 Å². The lowest BCUT2D eigenvalue weighted by Gasteiger charge is -2.35. The smallest absolute Gasteiger partial charge is 0.241 e. The first kappa shape index (κ1) is 15.4. The maximum Gasteiger partial charge on any atom is 0.241 e. The Morgan fingerprint density at radius 1 is 1.40 bits per heavy atom. The van der Waals surface area contributed by atoms with E-state index in [1.807, 2.05) is 16.8 Å². The molecule has 0 saturated carbocycles. The second-order valence-electron chi connectivity index (χ2n) is 5.19. The lowest BCUT2D eigenvalue weighted by Crippen LogP contribution is -2.53. The Labute approximate surface area is 128 Å². The predicted octanol–water partition coefficient (Wildman–Crippen LogP) is 2.40. The Bertz CT molecular complexity index is 520. The van der Waals surface area contributed by atoms with Crippen LogP contribution in [0, 0.1) is 0 Å². The van der Waals surface area contributed by atoms with Crippen molar-refractivity contribution in [1.82, 2.24) is 20.4 Å². The van der Waals surface area contributed by atoms with Gasteiger partial charge in [-0.25, -0.2) is 0 Å². The van der Waals surface area contributed by atoms with Gasteiger partial charge in [0.1, 0.15) is 0 Å². The van der Waals surface area contributed by atoms with Crippen LogP contribution >= 0.6 is 23.7 Å². The minimum absolute atomic E-state index is 0. The molecule has 3 rings (SSSR count). The molecule has 0 amide bonds. The van der Waals surface area contributed by atoms with Crippen LogP contribution in [0.1, 0.15) is 19.7 Å². The lowest BCUT2D eigenvalue weighted by molar-refractivity contribution is 0.149. The Balaban J connectivity index is 0.00000147. The molecule has 1 N–H and O–H groups in total. The fourth-order valence-electron chi connectivity index (χ4n) is 2.59. The fraction of sp³-hybridized carbons (Fsp3) is 0.538. The zero-order valence-electron chi connectivity index (χ0n) is 11.6. The number of hydrogen-bond acceptors (Lipinski definition) is 6. The number of thiophene rings is 1. The lowest BCUT2D eigenvalue weighted by atomic mass is 10.1. The molecule has 0 aromatic carbocycles. The first-order valence-electron chi connectivity index (χ1n) is 6.54. The third-order valence-corrected chi connectivity index (χ3v) is 3.92. The molecule has 2 aromatic rings. The van der Waals surface area contributed by atoms with E-state index < -0.39 is 0 Å². The molecule has 2 aromatic heterocycles. The molecule has 1 aliphatic heterocycles. The van der Waals surface area contributed by atoms with Crippen LogP contribution in [-0.4, -0.2) is 40.2 Å². The first-order chi connectivity index (χ1) is 9.20. The SMILES string of the molecule is CC1CN(Cc2nc(-c3ccsc3)no2)CC(C)N1.Cl. The van der Waals surface area contributed by atoms with E-state index >= 15 is 0 Å². The predicted molar refractivity (Wildman–Crippen MR) is 82.2 cm³/mol. The summed E-state index contributed by atoms with van der Waals surface area (Å²) in [7, 11) is 0. The van der Waals surface area contributed by atoms with Crippen molar-refractivity contribution in [3.05, 3.63) is 22.7 Å². The molecule has 5 nitrogen and oxygen atoms in total. The number of nitrogens with one attached hydrogen (secondary N) is 1. The highest BCUT2D eigenvalue weighted by atomic mass is 35.5. The second-order valence-corrected chi connectivity index (χ2v) is 5.97. The van der Waals surface area contributed by atoms with Crippen LogP contribution in [0.25, 0.3) is 11.4 Å². The van der Waals surface area contributed by atoms with Gasteiger partial charge < -0.3 is 9.84 Å². The van der Waals surface area contributed by atoms with Gasteiger partial charge in [0.05, 0.1) is 6.54 Å². The van der Waals surface area contributed by atoms with E-state index in [0.717, 1.165) is 25.2 Å². The van der Waals surface area contributed by atoms with Gasteiger partial charge >= 0.3 is 0 Å². The van der Waals surface area contributed by atoms with Crippen LogP contribution in [0.4, 0.5) is 0 Å². The molecule has 0 radical (unpaired) electrons. The van der Waals surface area contributed by atoms with Gasteiger partial charge in [-0.1, -0.05) is 5.16 Å². The maximum absolute atomic E-state index is 5.34. The van der Waals surface area contributed by atoms with E-state index in [2.05, 4.69) is 34.2 Å². The zero-order chi connectivity index (χ0) is 13.2. The summed E-state index contributed by atoms with van der Waals surface area (Å²) in [6.07, 6.45) is 0. The summed E-state index contributed by atoms with van der Waals surface area (Å²) in [4.78, 5) is 6.82. The molecule has 1 saturated heterocycles. The Morgan fingerprint density at radius 3 is 2.80 bits per heavy atom. The van der Waals surface area contributed by atoms with E-state index in [9.17, 15) is 0 Å². The van der Waals surface area contributed by atoms with Gasteiger partial charge in [0, 0.05) is 36.1 Å². The van der Waals surface area contributed by atoms with Crippen LogP contribution in [0.3, 0.4) is 0 Å². The van der Waals surface area contributed by atoms with Crippen molar-refractivity contribution >= 4 is 23.7 Å². The van der Waals surface area contributed by atoms with E-state index in [1.165, 1.54) is 0 Å². The summed E-state index contributed by atoms with van der Waals surface area (Å²) in [6.45, 7) is 7.16. The van der Waals surface area contributed by atoms with Gasteiger partial charge in [-0.3, -0.25) is 4.90 Å². The van der Waals surface area contributed by atoms with E-state index in [4.69, 9.17) is 4.52 Å². The first-order valence-corrected chi connectivity index (χ1v) is 7.48. The van der Waals surface area contributed by atoms with Crippen LogP contribution in [0.5, 0.6) is 0 Å². The number of nitrogens with zero attached hydrogens (tertiary/aromatic N) is 3. The molecule has 1 fully saturated rings. The summed E-state index contributed by atoms with van der Waals surface area (Å²) in [5.41, 5.74) is 1.03. The summed E-state index contributed by atoms with van der Waals surface area (Å²) >= 11 is 1.64. The highest BCUT2D eigenvalue weighted by Crippen LogP contribution is 2.19. The topological polar surface area (TPSA) is 54.2 Å². The third kappa shape index (κ3) is 3.58. The van der Waals surface area contributed by atoms with Gasteiger partial charge in [0.15, 0.2) is 0 Å². The summed E-state index contributed by atoms with van der Waals surface area (Å²) in [5.74, 6) is 1.38. The van der Waals surface area contributed by atoms with E-state index in [0.29, 0.717) is 23.8 Å². The van der Waals surface area contributed by atoms with Crippen molar-refractivity contribution in [3.63, 3.8) is 0 Å². The molecule has 3 heterocycles. The highest BCUT2D eigenvalue weighted by molar-refractivity contribution is 7.08. The Morgan fingerprint density at radius 2 is 2.15 bits per heavy atom. The van der Waals surface area contributed by atoms with Crippen molar-refractivity contribution in [1.29, 1.82) is 0 Å². The van der Waals surface area contributed by atoms with Crippen LogP contribution in [-0.2, 0) is 6.54 Å².